The van der Waals surface area contributed by atoms with Crippen LogP contribution in [0.2, 0.25) is 0 Å². The number of hydrogen-bond donors (Lipinski definition) is 2. The fourth-order valence-corrected chi connectivity index (χ4v) is 2.07. The minimum atomic E-state index is -0.629. The van der Waals surface area contributed by atoms with Crippen LogP contribution < -0.4 is 15.4 Å². The number of nitrogens with zero attached hydrogens (tertiary/aromatic N) is 1. The predicted molar refractivity (Wildman–Crippen MR) is 93.0 cm³/mol. The zero-order chi connectivity index (χ0) is 18.4. The van der Waals surface area contributed by atoms with Crippen LogP contribution in [0.4, 0.5) is 17.1 Å². The average Bonchev–Trinajstić information content (AvgIpc) is 2.62. The van der Waals surface area contributed by atoms with E-state index in [-0.39, 0.29) is 17.2 Å². The molecule has 2 amide bonds. The summed E-state index contributed by atoms with van der Waals surface area (Å²) in [5.41, 5.74) is 0.617. The number of benzene rings is 2. The van der Waals surface area contributed by atoms with Crippen molar-refractivity contribution in [1.82, 2.24) is 0 Å². The fourth-order valence-electron chi connectivity index (χ4n) is 2.07. The van der Waals surface area contributed by atoms with Gasteiger partial charge in [0.05, 0.1) is 12.0 Å². The van der Waals surface area contributed by atoms with Gasteiger partial charge in [-0.05, 0) is 36.4 Å². The summed E-state index contributed by atoms with van der Waals surface area (Å²) < 4.78 is 5.01. The number of carbonyl (C=O) groups excluding carboxylic acids is 2. The summed E-state index contributed by atoms with van der Waals surface area (Å²) in [6, 6.07) is 10.4. The monoisotopic (exact) mass is 343 g/mol. The summed E-state index contributed by atoms with van der Waals surface area (Å²) >= 11 is 0. The van der Waals surface area contributed by atoms with Gasteiger partial charge in [-0.2, -0.15) is 0 Å². The molecule has 0 unspecified atom stereocenters. The Morgan fingerprint density at radius 2 is 1.68 bits per heavy atom. The average molecular weight is 343 g/mol. The maximum absolute atomic E-state index is 12.4. The number of carbonyl (C=O) groups is 2. The number of anilines is 2. The lowest BCUT2D eigenvalue weighted by Gasteiger charge is -2.09. The Hall–Kier alpha value is -3.42. The molecule has 0 saturated carbocycles. The van der Waals surface area contributed by atoms with E-state index in [0.717, 1.165) is 0 Å². The molecule has 0 atom stereocenters. The van der Waals surface area contributed by atoms with Gasteiger partial charge in [0, 0.05) is 23.9 Å². The quantitative estimate of drug-likeness (QED) is 0.618. The summed E-state index contributed by atoms with van der Waals surface area (Å²) in [5.74, 6) is -0.409. The van der Waals surface area contributed by atoms with Crippen molar-refractivity contribution < 1.29 is 19.2 Å². The Balaban J connectivity index is 2.19. The van der Waals surface area contributed by atoms with Gasteiger partial charge in [-0.3, -0.25) is 19.7 Å². The van der Waals surface area contributed by atoms with Gasteiger partial charge in [0.2, 0.25) is 5.91 Å². The number of ether oxygens (including phenoxy) is 1. The highest BCUT2D eigenvalue weighted by atomic mass is 16.6. The van der Waals surface area contributed by atoms with E-state index in [2.05, 4.69) is 10.6 Å². The molecule has 130 valence electrons. The van der Waals surface area contributed by atoms with E-state index < -0.39 is 10.8 Å². The van der Waals surface area contributed by atoms with Crippen molar-refractivity contribution in [2.45, 2.75) is 13.3 Å². The molecule has 0 heterocycles. The van der Waals surface area contributed by atoms with Crippen LogP contribution in [0.5, 0.6) is 5.75 Å². The molecule has 0 aliphatic carbocycles. The number of amides is 2. The van der Waals surface area contributed by atoms with Crippen LogP contribution in [0.3, 0.4) is 0 Å². The second kappa shape index (κ2) is 7.91. The zero-order valence-electron chi connectivity index (χ0n) is 13.7. The largest absolute Gasteiger partial charge is 0.497 e. The first kappa shape index (κ1) is 17.9. The predicted octanol–water partition coefficient (Wildman–Crippen LogP) is 3.20. The molecule has 0 radical (unpaired) electrons. The van der Waals surface area contributed by atoms with Crippen molar-refractivity contribution in [3.8, 4) is 5.75 Å². The highest BCUT2D eigenvalue weighted by molar-refractivity contribution is 6.07. The number of methoxy groups -OCH3 is 1. The van der Waals surface area contributed by atoms with Crippen molar-refractivity contribution >= 4 is 28.9 Å². The molecule has 25 heavy (non-hydrogen) atoms. The van der Waals surface area contributed by atoms with Crippen molar-refractivity contribution in [2.24, 2.45) is 0 Å². The molecule has 2 N–H and O–H groups in total. The van der Waals surface area contributed by atoms with Crippen molar-refractivity contribution in [3.63, 3.8) is 0 Å². The molecule has 0 aliphatic rings. The van der Waals surface area contributed by atoms with Gasteiger partial charge in [0.1, 0.15) is 11.3 Å². The topological polar surface area (TPSA) is 111 Å². The number of rotatable bonds is 6. The Bertz CT molecular complexity index is 802. The molecule has 0 aliphatic heterocycles. The maximum atomic E-state index is 12.4. The Labute approximate surface area is 144 Å². The molecule has 8 nitrogen and oxygen atoms in total. The second-order valence-electron chi connectivity index (χ2n) is 5.07. The molecule has 0 fully saturated rings. The maximum Gasteiger partial charge on any atom is 0.282 e. The second-order valence-corrected chi connectivity index (χ2v) is 5.07. The van der Waals surface area contributed by atoms with E-state index in [1.807, 2.05) is 0 Å². The lowest BCUT2D eigenvalue weighted by atomic mass is 10.1. The molecule has 0 bridgehead atoms. The minimum Gasteiger partial charge on any atom is -0.497 e. The van der Waals surface area contributed by atoms with Crippen molar-refractivity contribution in [1.29, 1.82) is 0 Å². The third-order valence-corrected chi connectivity index (χ3v) is 3.39. The third kappa shape index (κ3) is 4.54. The highest BCUT2D eigenvalue weighted by Gasteiger charge is 2.21. The van der Waals surface area contributed by atoms with Crippen LogP contribution in [0.15, 0.2) is 42.5 Å². The lowest BCUT2D eigenvalue weighted by Crippen LogP contribution is -2.14. The molecule has 2 aromatic rings. The van der Waals surface area contributed by atoms with Gasteiger partial charge in [0.15, 0.2) is 0 Å². The normalized spacial score (nSPS) is 10.0. The van der Waals surface area contributed by atoms with Gasteiger partial charge in [0.25, 0.3) is 11.6 Å². The Kier molecular flexibility index (Phi) is 5.67. The lowest BCUT2D eigenvalue weighted by molar-refractivity contribution is -0.385. The summed E-state index contributed by atoms with van der Waals surface area (Å²) in [7, 11) is 1.41. The van der Waals surface area contributed by atoms with Gasteiger partial charge in [-0.15, -0.1) is 0 Å². The number of nitro benzene ring substituents is 1. The smallest absolute Gasteiger partial charge is 0.282 e. The van der Waals surface area contributed by atoms with Crippen molar-refractivity contribution in [2.75, 3.05) is 17.7 Å². The van der Waals surface area contributed by atoms with Gasteiger partial charge < -0.3 is 15.4 Å². The highest BCUT2D eigenvalue weighted by Crippen LogP contribution is 2.25. The molecule has 8 heteroatoms. The molecule has 0 saturated heterocycles. The summed E-state index contributed by atoms with van der Waals surface area (Å²) in [6.07, 6.45) is 0.359. The fraction of sp³-hybridized carbons (Fsp3) is 0.176. The summed E-state index contributed by atoms with van der Waals surface area (Å²) in [6.45, 7) is 1.74. The van der Waals surface area contributed by atoms with Crippen molar-refractivity contribution in [3.05, 3.63) is 58.1 Å². The number of hydrogen-bond acceptors (Lipinski definition) is 5. The Morgan fingerprint density at radius 1 is 1.08 bits per heavy atom. The summed E-state index contributed by atoms with van der Waals surface area (Å²) in [4.78, 5) is 34.2. The molecular weight excluding hydrogens is 326 g/mol. The van der Waals surface area contributed by atoms with E-state index in [1.165, 1.54) is 25.3 Å². The van der Waals surface area contributed by atoms with Gasteiger partial charge in [-0.25, -0.2) is 0 Å². The first-order chi connectivity index (χ1) is 11.9. The van der Waals surface area contributed by atoms with Crippen LogP contribution in [0.25, 0.3) is 0 Å². The van der Waals surface area contributed by atoms with E-state index >= 15 is 0 Å². The van der Waals surface area contributed by atoms with E-state index in [1.54, 1.807) is 31.2 Å². The van der Waals surface area contributed by atoms with E-state index in [9.17, 15) is 19.7 Å². The molecular formula is C17H17N3O5. The molecule has 2 rings (SSSR count). The minimum absolute atomic E-state index is 0.104. The van der Waals surface area contributed by atoms with Crippen LogP contribution >= 0.6 is 0 Å². The molecule has 0 aromatic heterocycles. The van der Waals surface area contributed by atoms with Gasteiger partial charge in [-0.1, -0.05) is 6.92 Å². The third-order valence-electron chi connectivity index (χ3n) is 3.39. The van der Waals surface area contributed by atoms with Crippen LogP contribution in [0, 0.1) is 10.1 Å². The molecule has 2 aromatic carbocycles. The number of nitro groups is 1. The van der Waals surface area contributed by atoms with Crippen LogP contribution in [-0.2, 0) is 4.79 Å². The standard InChI is InChI=1S/C17H17N3O5/c1-3-16(21)18-11-4-6-12(7-5-11)19-17(22)14-10-13(25-2)8-9-15(14)20(23)24/h4-10H,3H2,1-2H3,(H,18,21)(H,19,22). The van der Waals surface area contributed by atoms with Crippen LogP contribution in [-0.4, -0.2) is 23.8 Å². The zero-order valence-corrected chi connectivity index (χ0v) is 13.7. The van der Waals surface area contributed by atoms with Gasteiger partial charge >= 0.3 is 0 Å². The first-order valence-electron chi connectivity index (χ1n) is 7.48. The Morgan fingerprint density at radius 3 is 2.20 bits per heavy atom. The summed E-state index contributed by atoms with van der Waals surface area (Å²) in [5, 5.41) is 16.4. The first-order valence-corrected chi connectivity index (χ1v) is 7.48. The van der Waals surface area contributed by atoms with Crippen LogP contribution in [0.1, 0.15) is 23.7 Å². The molecule has 0 spiro atoms. The van der Waals surface area contributed by atoms with E-state index in [0.29, 0.717) is 23.5 Å². The van der Waals surface area contributed by atoms with E-state index in [4.69, 9.17) is 4.74 Å². The number of nitrogens with one attached hydrogen (secondary N) is 2. The SMILES string of the molecule is CCC(=O)Nc1ccc(NC(=O)c2cc(OC)ccc2[N+](=O)[O-])cc1.